The maximum Gasteiger partial charge on any atom is 0.306 e. The average molecular weight is 299 g/mol. The van der Waals surface area contributed by atoms with Crippen molar-refractivity contribution < 1.29 is 19.4 Å². The van der Waals surface area contributed by atoms with Crippen molar-refractivity contribution in [2.75, 3.05) is 24.6 Å². The molecular weight excluding hydrogens is 284 g/mol. The topological polar surface area (TPSA) is 92.9 Å². The van der Waals surface area contributed by atoms with E-state index in [2.05, 4.69) is 0 Å². The maximum atomic E-state index is 11.5. The van der Waals surface area contributed by atoms with Gasteiger partial charge in [0.05, 0.1) is 30.4 Å². The highest BCUT2D eigenvalue weighted by atomic mass is 35.5. The quantitative estimate of drug-likeness (QED) is 0.869. The Kier molecular flexibility index (Phi) is 4.46. The molecule has 0 aromatic heterocycles. The molecule has 1 aliphatic heterocycles. The first-order valence-electron chi connectivity index (χ1n) is 6.15. The third-order valence-corrected chi connectivity index (χ3v) is 3.34. The number of carbonyl (C=O) groups is 2. The highest BCUT2D eigenvalue weighted by Gasteiger charge is 2.25. The van der Waals surface area contributed by atoms with Gasteiger partial charge in [-0.2, -0.15) is 0 Å². The number of amides is 1. The molecule has 0 bridgehead atoms. The van der Waals surface area contributed by atoms with Crippen LogP contribution in [-0.2, 0) is 9.53 Å². The van der Waals surface area contributed by atoms with Gasteiger partial charge in [0, 0.05) is 18.1 Å². The Balaban J connectivity index is 2.24. The fraction of sp³-hybridized carbons (Fsp3) is 0.385. The second-order valence-corrected chi connectivity index (χ2v) is 5.00. The molecule has 1 aromatic rings. The number of hydrogen-bond donors (Lipinski definition) is 2. The molecular formula is C13H15ClN2O4. The molecule has 20 heavy (non-hydrogen) atoms. The van der Waals surface area contributed by atoms with E-state index in [1.54, 1.807) is 18.2 Å². The lowest BCUT2D eigenvalue weighted by Gasteiger charge is -2.34. The number of morpholine rings is 1. The summed E-state index contributed by atoms with van der Waals surface area (Å²) in [6.07, 6.45) is -0.496. The molecule has 0 spiro atoms. The highest BCUT2D eigenvalue weighted by Crippen LogP contribution is 2.26. The van der Waals surface area contributed by atoms with Crippen molar-refractivity contribution in [1.82, 2.24) is 0 Å². The van der Waals surface area contributed by atoms with Crippen LogP contribution in [0.25, 0.3) is 0 Å². The Bertz CT molecular complexity index is 535. The van der Waals surface area contributed by atoms with E-state index >= 15 is 0 Å². The van der Waals surface area contributed by atoms with Crippen LogP contribution in [0.15, 0.2) is 18.2 Å². The number of nitrogens with two attached hydrogens (primary N) is 1. The Morgan fingerprint density at radius 3 is 2.90 bits per heavy atom. The van der Waals surface area contributed by atoms with Crippen LogP contribution in [0.4, 0.5) is 5.69 Å². The number of aliphatic carboxylic acids is 1. The van der Waals surface area contributed by atoms with Gasteiger partial charge in [-0.3, -0.25) is 9.59 Å². The Labute approximate surface area is 121 Å². The molecule has 0 saturated carbocycles. The third-order valence-electron chi connectivity index (χ3n) is 3.11. The first kappa shape index (κ1) is 14.6. The van der Waals surface area contributed by atoms with E-state index in [0.717, 1.165) is 0 Å². The number of halogens is 1. The van der Waals surface area contributed by atoms with Crippen LogP contribution >= 0.6 is 11.6 Å². The number of carboxylic acids is 1. The van der Waals surface area contributed by atoms with E-state index in [4.69, 9.17) is 27.2 Å². The molecule has 6 nitrogen and oxygen atoms in total. The fourth-order valence-electron chi connectivity index (χ4n) is 2.23. The molecule has 2 rings (SSSR count). The fourth-order valence-corrected chi connectivity index (χ4v) is 2.40. The van der Waals surface area contributed by atoms with Gasteiger partial charge >= 0.3 is 5.97 Å². The monoisotopic (exact) mass is 298 g/mol. The standard InChI is InChI=1S/C13H15ClN2O4/c14-8-1-2-10(13(15)19)11(5-8)16-3-4-20-9(7-16)6-12(17)18/h1-2,5,9H,3-4,6-7H2,(H2,15,19)(H,17,18). The first-order chi connectivity index (χ1) is 9.47. The predicted octanol–water partition coefficient (Wildman–Crippen LogP) is 1.12. The molecule has 1 unspecified atom stereocenters. The largest absolute Gasteiger partial charge is 0.481 e. The van der Waals surface area contributed by atoms with Crippen LogP contribution in [0.3, 0.4) is 0 Å². The molecule has 1 aliphatic rings. The number of hydrogen-bond acceptors (Lipinski definition) is 4. The number of rotatable bonds is 4. The molecule has 1 heterocycles. The average Bonchev–Trinajstić information content (AvgIpc) is 2.37. The van der Waals surface area contributed by atoms with E-state index in [1.165, 1.54) is 0 Å². The lowest BCUT2D eigenvalue weighted by atomic mass is 10.1. The van der Waals surface area contributed by atoms with Gasteiger partial charge in [-0.25, -0.2) is 0 Å². The summed E-state index contributed by atoms with van der Waals surface area (Å²) in [5.41, 5.74) is 6.33. The summed E-state index contributed by atoms with van der Waals surface area (Å²) in [7, 11) is 0. The van der Waals surface area contributed by atoms with Crippen molar-refractivity contribution in [3.8, 4) is 0 Å². The molecule has 3 N–H and O–H groups in total. The SMILES string of the molecule is NC(=O)c1ccc(Cl)cc1N1CCOC(CC(=O)O)C1. The van der Waals surface area contributed by atoms with E-state index < -0.39 is 18.0 Å². The van der Waals surface area contributed by atoms with Gasteiger partial charge in [0.2, 0.25) is 0 Å². The van der Waals surface area contributed by atoms with Gasteiger partial charge in [0.25, 0.3) is 5.91 Å². The van der Waals surface area contributed by atoms with Crippen LogP contribution in [0.1, 0.15) is 16.8 Å². The molecule has 1 atom stereocenters. The number of carbonyl (C=O) groups excluding carboxylic acids is 1. The summed E-state index contributed by atoms with van der Waals surface area (Å²) in [6.45, 7) is 1.33. The molecule has 0 aliphatic carbocycles. The second kappa shape index (κ2) is 6.11. The molecule has 1 fully saturated rings. The number of nitrogens with zero attached hydrogens (tertiary/aromatic N) is 1. The smallest absolute Gasteiger partial charge is 0.306 e. The molecule has 1 saturated heterocycles. The zero-order chi connectivity index (χ0) is 14.7. The minimum absolute atomic E-state index is 0.0804. The zero-order valence-electron chi connectivity index (χ0n) is 10.7. The highest BCUT2D eigenvalue weighted by molar-refractivity contribution is 6.31. The molecule has 1 aromatic carbocycles. The summed E-state index contributed by atoms with van der Waals surface area (Å²) < 4.78 is 5.40. The van der Waals surface area contributed by atoms with Crippen LogP contribution in [0.2, 0.25) is 5.02 Å². The second-order valence-electron chi connectivity index (χ2n) is 4.56. The van der Waals surface area contributed by atoms with Crippen LogP contribution in [-0.4, -0.2) is 42.8 Å². The number of ether oxygens (including phenoxy) is 1. The Morgan fingerprint density at radius 1 is 1.50 bits per heavy atom. The lowest BCUT2D eigenvalue weighted by molar-refractivity contribution is -0.140. The van der Waals surface area contributed by atoms with E-state index in [0.29, 0.717) is 36.0 Å². The minimum atomic E-state index is -0.918. The maximum absolute atomic E-state index is 11.5. The number of carboxylic acid groups (broad SMARTS) is 1. The summed E-state index contributed by atoms with van der Waals surface area (Å²) in [5, 5.41) is 9.31. The van der Waals surface area contributed by atoms with E-state index in [1.807, 2.05) is 4.90 Å². The normalized spacial score (nSPS) is 18.9. The summed E-state index contributed by atoms with van der Waals surface area (Å²) in [6, 6.07) is 4.83. The Morgan fingerprint density at radius 2 is 2.25 bits per heavy atom. The van der Waals surface area contributed by atoms with Gasteiger partial charge in [-0.05, 0) is 18.2 Å². The van der Waals surface area contributed by atoms with Crippen molar-refractivity contribution in [3.63, 3.8) is 0 Å². The molecule has 7 heteroatoms. The van der Waals surface area contributed by atoms with Crippen molar-refractivity contribution in [2.24, 2.45) is 5.73 Å². The number of primary amides is 1. The molecule has 1 amide bonds. The molecule has 108 valence electrons. The van der Waals surface area contributed by atoms with Crippen molar-refractivity contribution in [2.45, 2.75) is 12.5 Å². The van der Waals surface area contributed by atoms with Crippen molar-refractivity contribution in [3.05, 3.63) is 28.8 Å². The van der Waals surface area contributed by atoms with Gasteiger partial charge < -0.3 is 20.5 Å². The van der Waals surface area contributed by atoms with E-state index in [-0.39, 0.29) is 6.42 Å². The van der Waals surface area contributed by atoms with Crippen molar-refractivity contribution in [1.29, 1.82) is 0 Å². The van der Waals surface area contributed by atoms with Crippen LogP contribution in [0, 0.1) is 0 Å². The number of anilines is 1. The lowest BCUT2D eigenvalue weighted by Crippen LogP contribution is -2.44. The van der Waals surface area contributed by atoms with Crippen LogP contribution in [0.5, 0.6) is 0 Å². The van der Waals surface area contributed by atoms with Gasteiger partial charge in [-0.15, -0.1) is 0 Å². The van der Waals surface area contributed by atoms with Crippen LogP contribution < -0.4 is 10.6 Å². The van der Waals surface area contributed by atoms with Gasteiger partial charge in [-0.1, -0.05) is 11.6 Å². The van der Waals surface area contributed by atoms with E-state index in [9.17, 15) is 9.59 Å². The van der Waals surface area contributed by atoms with Crippen molar-refractivity contribution >= 4 is 29.2 Å². The van der Waals surface area contributed by atoms with Gasteiger partial charge in [0.1, 0.15) is 0 Å². The summed E-state index contributed by atoms with van der Waals surface area (Å²) in [5.74, 6) is -1.46. The zero-order valence-corrected chi connectivity index (χ0v) is 11.5. The van der Waals surface area contributed by atoms with Gasteiger partial charge in [0.15, 0.2) is 0 Å². The predicted molar refractivity (Wildman–Crippen MR) is 74.2 cm³/mol. The number of benzene rings is 1. The summed E-state index contributed by atoms with van der Waals surface area (Å²) in [4.78, 5) is 24.1. The third kappa shape index (κ3) is 3.40. The summed E-state index contributed by atoms with van der Waals surface area (Å²) >= 11 is 5.96. The first-order valence-corrected chi connectivity index (χ1v) is 6.53. The molecule has 0 radical (unpaired) electrons. The minimum Gasteiger partial charge on any atom is -0.481 e. The Hall–Kier alpha value is -1.79.